The van der Waals surface area contributed by atoms with Gasteiger partial charge in [0.2, 0.25) is 5.91 Å². The summed E-state index contributed by atoms with van der Waals surface area (Å²) in [5, 5.41) is 5.59. The van der Waals surface area contributed by atoms with Crippen LogP contribution in [0.2, 0.25) is 0 Å². The Hall–Kier alpha value is -4.24. The first-order chi connectivity index (χ1) is 16.6. The van der Waals surface area contributed by atoms with Gasteiger partial charge in [-0.05, 0) is 42.8 Å². The molecule has 0 aliphatic carbocycles. The zero-order chi connectivity index (χ0) is 23.5. The minimum atomic E-state index is -0.0484. The molecule has 1 fully saturated rings. The van der Waals surface area contributed by atoms with Crippen LogP contribution in [0.3, 0.4) is 0 Å². The SMILES string of the molecule is NC/C=C/C(=O)N1CC[C@@H](n2nc(-c3ccc(Oc4ccccc4)cc3)c3c(N)ncnc32)C1. The predicted molar refractivity (Wildman–Crippen MR) is 130 cm³/mol. The molecule has 4 N–H and O–H groups in total. The molecule has 3 heterocycles. The van der Waals surface area contributed by atoms with Gasteiger partial charge in [0.25, 0.3) is 0 Å². The Morgan fingerprint density at radius 3 is 2.62 bits per heavy atom. The van der Waals surface area contributed by atoms with E-state index in [1.54, 1.807) is 11.0 Å². The summed E-state index contributed by atoms with van der Waals surface area (Å²) in [5.74, 6) is 1.81. The minimum absolute atomic E-state index is 0.0125. The van der Waals surface area contributed by atoms with Gasteiger partial charge in [-0.15, -0.1) is 0 Å². The van der Waals surface area contributed by atoms with E-state index < -0.39 is 0 Å². The largest absolute Gasteiger partial charge is 0.457 e. The molecule has 1 amide bonds. The second-order valence-electron chi connectivity index (χ2n) is 8.06. The van der Waals surface area contributed by atoms with Gasteiger partial charge in [-0.1, -0.05) is 24.3 Å². The van der Waals surface area contributed by atoms with E-state index in [4.69, 9.17) is 21.3 Å². The smallest absolute Gasteiger partial charge is 0.246 e. The number of carbonyl (C=O) groups excluding carboxylic acids is 1. The average molecular weight is 456 g/mol. The Morgan fingerprint density at radius 2 is 1.85 bits per heavy atom. The third kappa shape index (κ3) is 4.20. The van der Waals surface area contributed by atoms with Crippen molar-refractivity contribution in [2.45, 2.75) is 12.5 Å². The number of nitrogens with zero attached hydrogens (tertiary/aromatic N) is 5. The molecular formula is C25H25N7O2. The van der Waals surface area contributed by atoms with Crippen LogP contribution in [-0.2, 0) is 4.79 Å². The number of rotatable bonds is 6. The molecule has 0 unspecified atom stereocenters. The highest BCUT2D eigenvalue weighted by Gasteiger charge is 2.30. The topological polar surface area (TPSA) is 125 Å². The fraction of sp³-hybridized carbons (Fsp3) is 0.200. The standard InChI is InChI=1S/C25H25N7O2/c26-13-4-7-21(33)31-14-12-18(15-31)32-25-22(24(27)28-16-29-25)23(30-32)17-8-10-20(11-9-17)34-19-5-2-1-3-6-19/h1-11,16,18H,12-15,26H2,(H2,27,28,29)/b7-4+/t18-/m1/s1. The maximum Gasteiger partial charge on any atom is 0.246 e. The summed E-state index contributed by atoms with van der Waals surface area (Å²) in [6.07, 6.45) is 5.40. The zero-order valence-corrected chi connectivity index (χ0v) is 18.5. The summed E-state index contributed by atoms with van der Waals surface area (Å²) in [6, 6.07) is 17.3. The van der Waals surface area contributed by atoms with Crippen molar-refractivity contribution in [2.24, 2.45) is 5.73 Å². The molecule has 2 aromatic heterocycles. The Labute approximate surface area is 196 Å². The van der Waals surface area contributed by atoms with Gasteiger partial charge in [0.1, 0.15) is 29.3 Å². The zero-order valence-electron chi connectivity index (χ0n) is 18.5. The first-order valence-corrected chi connectivity index (χ1v) is 11.1. The van der Waals surface area contributed by atoms with Crippen LogP contribution < -0.4 is 16.2 Å². The van der Waals surface area contributed by atoms with E-state index in [2.05, 4.69) is 9.97 Å². The van der Waals surface area contributed by atoms with E-state index in [9.17, 15) is 4.79 Å². The van der Waals surface area contributed by atoms with Crippen LogP contribution in [0, 0.1) is 0 Å². The molecule has 4 aromatic rings. The number of hydrogen-bond acceptors (Lipinski definition) is 7. The number of benzene rings is 2. The summed E-state index contributed by atoms with van der Waals surface area (Å²) in [5.41, 5.74) is 14.0. The lowest BCUT2D eigenvalue weighted by Crippen LogP contribution is -2.27. The van der Waals surface area contributed by atoms with E-state index in [-0.39, 0.29) is 11.9 Å². The van der Waals surface area contributed by atoms with Crippen LogP contribution in [0.15, 0.2) is 73.1 Å². The average Bonchev–Trinajstić information content (AvgIpc) is 3.50. The van der Waals surface area contributed by atoms with Crippen molar-refractivity contribution in [3.8, 4) is 22.8 Å². The molecule has 0 saturated carbocycles. The number of aromatic nitrogens is 4. The van der Waals surface area contributed by atoms with Gasteiger partial charge < -0.3 is 21.1 Å². The minimum Gasteiger partial charge on any atom is -0.457 e. The number of hydrogen-bond donors (Lipinski definition) is 2. The number of nitrogen functional groups attached to an aromatic ring is 1. The van der Waals surface area contributed by atoms with E-state index in [0.717, 1.165) is 23.5 Å². The van der Waals surface area contributed by atoms with Gasteiger partial charge in [0.05, 0.1) is 11.4 Å². The third-order valence-corrected chi connectivity index (χ3v) is 5.84. The molecule has 9 heteroatoms. The second kappa shape index (κ2) is 9.32. The van der Waals surface area contributed by atoms with E-state index >= 15 is 0 Å². The summed E-state index contributed by atoms with van der Waals surface area (Å²) in [4.78, 5) is 22.8. The molecule has 0 radical (unpaired) electrons. The normalized spacial score (nSPS) is 15.9. The van der Waals surface area contributed by atoms with Crippen molar-refractivity contribution in [3.05, 3.63) is 73.1 Å². The summed E-state index contributed by atoms with van der Waals surface area (Å²) < 4.78 is 7.78. The van der Waals surface area contributed by atoms with Crippen LogP contribution in [0.5, 0.6) is 11.5 Å². The van der Waals surface area contributed by atoms with E-state index in [1.165, 1.54) is 12.4 Å². The van der Waals surface area contributed by atoms with Crippen molar-refractivity contribution in [3.63, 3.8) is 0 Å². The lowest BCUT2D eigenvalue weighted by molar-refractivity contribution is -0.125. The Kier molecular flexibility index (Phi) is 5.92. The lowest BCUT2D eigenvalue weighted by atomic mass is 10.1. The van der Waals surface area contributed by atoms with Crippen molar-refractivity contribution in [1.29, 1.82) is 0 Å². The van der Waals surface area contributed by atoms with Gasteiger partial charge in [-0.3, -0.25) is 4.79 Å². The van der Waals surface area contributed by atoms with Gasteiger partial charge in [-0.25, -0.2) is 14.6 Å². The fourth-order valence-electron chi connectivity index (χ4n) is 4.17. The molecule has 0 spiro atoms. The molecular weight excluding hydrogens is 430 g/mol. The monoisotopic (exact) mass is 455 g/mol. The highest BCUT2D eigenvalue weighted by atomic mass is 16.5. The van der Waals surface area contributed by atoms with Gasteiger partial charge in [-0.2, -0.15) is 5.10 Å². The third-order valence-electron chi connectivity index (χ3n) is 5.84. The summed E-state index contributed by atoms with van der Waals surface area (Å²) in [6.45, 7) is 1.51. The fourth-order valence-corrected chi connectivity index (χ4v) is 4.17. The van der Waals surface area contributed by atoms with Crippen LogP contribution >= 0.6 is 0 Å². The lowest BCUT2D eigenvalue weighted by Gasteiger charge is -2.15. The molecule has 0 bridgehead atoms. The number of amides is 1. The number of anilines is 1. The first kappa shape index (κ1) is 21.6. The van der Waals surface area contributed by atoms with Crippen LogP contribution in [0.4, 0.5) is 5.82 Å². The summed E-state index contributed by atoms with van der Waals surface area (Å²) >= 11 is 0. The number of carbonyl (C=O) groups is 1. The molecule has 9 nitrogen and oxygen atoms in total. The number of likely N-dealkylation sites (tertiary alicyclic amines) is 1. The van der Waals surface area contributed by atoms with Crippen LogP contribution in [0.1, 0.15) is 12.5 Å². The summed E-state index contributed by atoms with van der Waals surface area (Å²) in [7, 11) is 0. The van der Waals surface area contributed by atoms with Crippen molar-refractivity contribution >= 4 is 22.8 Å². The van der Waals surface area contributed by atoms with E-state index in [1.807, 2.05) is 59.3 Å². The highest BCUT2D eigenvalue weighted by molar-refractivity contribution is 5.98. The molecule has 2 aromatic carbocycles. The highest BCUT2D eigenvalue weighted by Crippen LogP contribution is 2.35. The number of ether oxygens (including phenoxy) is 1. The molecule has 1 aliphatic heterocycles. The van der Waals surface area contributed by atoms with Crippen molar-refractivity contribution in [2.75, 3.05) is 25.4 Å². The molecule has 34 heavy (non-hydrogen) atoms. The number of para-hydroxylation sites is 1. The van der Waals surface area contributed by atoms with Crippen molar-refractivity contribution < 1.29 is 9.53 Å². The molecule has 1 aliphatic rings. The quantitative estimate of drug-likeness (QED) is 0.428. The second-order valence-corrected chi connectivity index (χ2v) is 8.06. The van der Waals surface area contributed by atoms with Crippen molar-refractivity contribution in [1.82, 2.24) is 24.6 Å². The molecule has 5 rings (SSSR count). The Bertz CT molecular complexity index is 1330. The van der Waals surface area contributed by atoms with E-state index in [0.29, 0.717) is 42.2 Å². The molecule has 172 valence electrons. The van der Waals surface area contributed by atoms with Crippen LogP contribution in [-0.4, -0.2) is 50.2 Å². The maximum atomic E-state index is 12.4. The number of nitrogens with two attached hydrogens (primary N) is 2. The molecule has 1 saturated heterocycles. The first-order valence-electron chi connectivity index (χ1n) is 11.1. The number of fused-ring (bicyclic) bond motifs is 1. The predicted octanol–water partition coefficient (Wildman–Crippen LogP) is 3.16. The van der Waals surface area contributed by atoms with Gasteiger partial charge in [0, 0.05) is 31.3 Å². The van der Waals surface area contributed by atoms with Gasteiger partial charge in [0.15, 0.2) is 5.65 Å². The maximum absolute atomic E-state index is 12.4. The Morgan fingerprint density at radius 1 is 1.09 bits per heavy atom. The Balaban J connectivity index is 1.45. The van der Waals surface area contributed by atoms with Crippen LogP contribution in [0.25, 0.3) is 22.3 Å². The molecule has 1 atom stereocenters. The van der Waals surface area contributed by atoms with Gasteiger partial charge >= 0.3 is 0 Å².